The minimum Gasteiger partial charge on any atom is -0.495 e. The van der Waals surface area contributed by atoms with Crippen LogP contribution in [0.25, 0.3) is 10.6 Å². The number of aliphatic hydroxyl groups is 1. The fraction of sp³-hybridized carbons (Fsp3) is 0.409. The summed E-state index contributed by atoms with van der Waals surface area (Å²) in [7, 11) is 1.73. The Kier molecular flexibility index (Phi) is 12.4. The van der Waals surface area contributed by atoms with E-state index in [4.69, 9.17) is 4.74 Å². The number of benzene rings is 1. The van der Waals surface area contributed by atoms with Gasteiger partial charge in [0.05, 0.1) is 42.7 Å². The number of nitrogens with zero attached hydrogens (tertiary/aromatic N) is 4. The van der Waals surface area contributed by atoms with Gasteiger partial charge < -0.3 is 14.7 Å². The summed E-state index contributed by atoms with van der Waals surface area (Å²) in [5, 5.41) is 16.0. The average Bonchev–Trinajstić information content (AvgIpc) is 3.42. The maximum Gasteiger partial charge on any atom is 0.142 e. The molecule has 1 N–H and O–H groups in total. The number of para-hydroxylation sites is 2. The third kappa shape index (κ3) is 6.53. The van der Waals surface area contributed by atoms with E-state index in [9.17, 15) is 5.11 Å². The molecule has 1 saturated heterocycles. The Morgan fingerprint density at radius 2 is 1.75 bits per heavy atom. The predicted molar refractivity (Wildman–Crippen MR) is 140 cm³/mol. The molecule has 0 aliphatic carbocycles. The topological polar surface area (TPSA) is 53.8 Å². The summed E-state index contributed by atoms with van der Waals surface area (Å²) in [5.41, 5.74) is 3.59. The highest BCUT2D eigenvalue weighted by atomic mass is 35.5. The van der Waals surface area contributed by atoms with Crippen molar-refractivity contribution in [2.24, 2.45) is 0 Å². The zero-order valence-electron chi connectivity index (χ0n) is 18.1. The van der Waals surface area contributed by atoms with Crippen molar-refractivity contribution in [1.82, 2.24) is 14.7 Å². The van der Waals surface area contributed by atoms with E-state index in [-0.39, 0.29) is 43.8 Å². The van der Waals surface area contributed by atoms with Crippen molar-refractivity contribution in [2.45, 2.75) is 13.0 Å². The zero-order chi connectivity index (χ0) is 20.1. The summed E-state index contributed by atoms with van der Waals surface area (Å²) >= 11 is 1.72. The first-order valence-electron chi connectivity index (χ1n) is 10.1. The van der Waals surface area contributed by atoms with Gasteiger partial charge in [-0.1, -0.05) is 18.2 Å². The largest absolute Gasteiger partial charge is 0.495 e. The first-order valence-corrected chi connectivity index (χ1v) is 11.0. The Morgan fingerprint density at radius 3 is 2.41 bits per heavy atom. The number of rotatable bonds is 8. The molecule has 0 radical (unpaired) electrons. The normalized spacial score (nSPS) is 13.6. The molecular weight excluding hydrogens is 491 g/mol. The molecule has 0 amide bonds. The van der Waals surface area contributed by atoms with Crippen molar-refractivity contribution >= 4 is 54.2 Å². The first-order chi connectivity index (χ1) is 14.3. The van der Waals surface area contributed by atoms with Crippen molar-refractivity contribution in [3.8, 4) is 16.3 Å². The number of aliphatic hydroxyl groups excluding tert-OH is 1. The number of aromatic nitrogens is 2. The quantitative estimate of drug-likeness (QED) is 0.480. The van der Waals surface area contributed by atoms with Crippen LogP contribution >= 0.6 is 48.6 Å². The predicted octanol–water partition coefficient (Wildman–Crippen LogP) is 4.24. The monoisotopic (exact) mass is 520 g/mol. The molecular formula is C22H31Cl3N4O2S. The summed E-state index contributed by atoms with van der Waals surface area (Å²) in [5.74, 6) is 0.942. The summed E-state index contributed by atoms with van der Waals surface area (Å²) in [6.07, 6.45) is 2.93. The second-order valence-electron chi connectivity index (χ2n) is 7.19. The summed E-state index contributed by atoms with van der Waals surface area (Å²) in [4.78, 5) is 6.14. The molecule has 1 aliphatic rings. The van der Waals surface area contributed by atoms with Gasteiger partial charge in [-0.2, -0.15) is 5.10 Å². The number of anilines is 1. The van der Waals surface area contributed by atoms with Crippen LogP contribution in [-0.4, -0.2) is 66.2 Å². The van der Waals surface area contributed by atoms with Crippen LogP contribution in [0.3, 0.4) is 0 Å². The van der Waals surface area contributed by atoms with Crippen molar-refractivity contribution in [2.75, 3.05) is 51.3 Å². The molecule has 1 aromatic carbocycles. The second-order valence-corrected chi connectivity index (χ2v) is 8.14. The van der Waals surface area contributed by atoms with Crippen molar-refractivity contribution in [3.63, 3.8) is 0 Å². The van der Waals surface area contributed by atoms with Crippen LogP contribution in [0.4, 0.5) is 5.69 Å². The molecule has 10 heteroatoms. The van der Waals surface area contributed by atoms with Crippen LogP contribution in [0.1, 0.15) is 5.56 Å². The molecule has 0 atom stereocenters. The number of thiophene rings is 1. The van der Waals surface area contributed by atoms with Crippen LogP contribution in [0.15, 0.2) is 48.0 Å². The second kappa shape index (κ2) is 13.9. The third-order valence-corrected chi connectivity index (χ3v) is 6.35. The number of methoxy groups -OCH3 is 1. The van der Waals surface area contributed by atoms with E-state index >= 15 is 0 Å². The highest BCUT2D eigenvalue weighted by Gasteiger charge is 2.20. The maximum atomic E-state index is 9.36. The molecule has 3 heterocycles. The molecule has 32 heavy (non-hydrogen) atoms. The molecule has 0 bridgehead atoms. The van der Waals surface area contributed by atoms with Crippen LogP contribution in [0.5, 0.6) is 5.75 Å². The van der Waals surface area contributed by atoms with E-state index in [1.807, 2.05) is 23.0 Å². The lowest BCUT2D eigenvalue weighted by atomic mass is 10.1. The van der Waals surface area contributed by atoms with E-state index in [0.29, 0.717) is 6.54 Å². The van der Waals surface area contributed by atoms with Crippen LogP contribution in [-0.2, 0) is 13.0 Å². The van der Waals surface area contributed by atoms with E-state index in [1.54, 1.807) is 18.4 Å². The van der Waals surface area contributed by atoms with Gasteiger partial charge in [-0.15, -0.1) is 48.6 Å². The number of hydrogen-bond acceptors (Lipinski definition) is 6. The lowest BCUT2D eigenvalue weighted by Gasteiger charge is -2.36. The van der Waals surface area contributed by atoms with Gasteiger partial charge in [0.25, 0.3) is 0 Å². The Morgan fingerprint density at radius 1 is 1.00 bits per heavy atom. The van der Waals surface area contributed by atoms with E-state index in [0.717, 1.165) is 50.6 Å². The van der Waals surface area contributed by atoms with E-state index < -0.39 is 0 Å². The molecule has 1 aliphatic heterocycles. The van der Waals surface area contributed by atoms with Gasteiger partial charge in [0.1, 0.15) is 5.75 Å². The highest BCUT2D eigenvalue weighted by molar-refractivity contribution is 7.13. The van der Waals surface area contributed by atoms with Crippen molar-refractivity contribution in [1.29, 1.82) is 0 Å². The fourth-order valence-electron chi connectivity index (χ4n) is 3.95. The smallest absolute Gasteiger partial charge is 0.142 e. The lowest BCUT2D eigenvalue weighted by molar-refractivity contribution is 0.260. The summed E-state index contributed by atoms with van der Waals surface area (Å²) in [6.45, 7) is 5.73. The fourth-order valence-corrected chi connectivity index (χ4v) is 4.76. The summed E-state index contributed by atoms with van der Waals surface area (Å²) < 4.78 is 7.45. The number of halogens is 3. The molecule has 2 aromatic heterocycles. The Labute approximate surface area is 212 Å². The average molecular weight is 522 g/mol. The molecule has 6 nitrogen and oxygen atoms in total. The van der Waals surface area contributed by atoms with E-state index in [2.05, 4.69) is 44.5 Å². The minimum atomic E-state index is 0. The van der Waals surface area contributed by atoms with Crippen molar-refractivity contribution in [3.05, 3.63) is 53.5 Å². The molecule has 0 unspecified atom stereocenters. The molecule has 4 rings (SSSR count). The van der Waals surface area contributed by atoms with E-state index in [1.165, 1.54) is 16.1 Å². The van der Waals surface area contributed by atoms with Crippen LogP contribution in [0.2, 0.25) is 0 Å². The molecule has 178 valence electrons. The Hall–Kier alpha value is -1.48. The first kappa shape index (κ1) is 28.6. The zero-order valence-corrected chi connectivity index (χ0v) is 21.3. The minimum absolute atomic E-state index is 0. The highest BCUT2D eigenvalue weighted by Crippen LogP contribution is 2.30. The Bertz CT molecular complexity index is 916. The third-order valence-electron chi connectivity index (χ3n) is 5.48. The molecule has 0 spiro atoms. The van der Waals surface area contributed by atoms with Gasteiger partial charge in [0, 0.05) is 38.3 Å². The lowest BCUT2D eigenvalue weighted by Crippen LogP contribution is -2.47. The number of hydrogen-bond donors (Lipinski definition) is 1. The van der Waals surface area contributed by atoms with Crippen molar-refractivity contribution < 1.29 is 9.84 Å². The van der Waals surface area contributed by atoms with Crippen LogP contribution in [0, 0.1) is 0 Å². The van der Waals surface area contributed by atoms with Gasteiger partial charge in [0.15, 0.2) is 0 Å². The number of piperazine rings is 1. The standard InChI is InChI=1S/C22H28N4O2S.3ClH/c1-28-20-6-3-2-5-19(20)25-12-10-24(11-13-25)9-8-18-17-23-26(14-15-27)22(18)21-7-4-16-29-21;;;/h2-7,16-17,27H,8-15H2,1H3;3*1H. The SMILES string of the molecule is COc1ccccc1N1CCN(CCc2cnn(CCO)c2-c2cccs2)CC1.Cl.Cl.Cl. The van der Waals surface area contributed by atoms with Gasteiger partial charge >= 0.3 is 0 Å². The Balaban J connectivity index is 0.00000171. The summed E-state index contributed by atoms with van der Waals surface area (Å²) in [6, 6.07) is 12.4. The van der Waals surface area contributed by atoms with Crippen LogP contribution < -0.4 is 9.64 Å². The number of ether oxygens (including phenoxy) is 1. The molecule has 1 fully saturated rings. The molecule has 0 saturated carbocycles. The van der Waals surface area contributed by atoms with Gasteiger partial charge in [-0.05, 0) is 30.0 Å². The maximum absolute atomic E-state index is 9.36. The van der Waals surface area contributed by atoms with Gasteiger partial charge in [-0.25, -0.2) is 0 Å². The van der Waals surface area contributed by atoms with Gasteiger partial charge in [0.2, 0.25) is 0 Å². The molecule has 3 aromatic rings. The van der Waals surface area contributed by atoms with Gasteiger partial charge in [-0.3, -0.25) is 9.58 Å².